The van der Waals surface area contributed by atoms with E-state index in [2.05, 4.69) is 67.6 Å². The lowest BCUT2D eigenvalue weighted by Gasteiger charge is -2.13. The maximum atomic E-state index is 2.39. The lowest BCUT2D eigenvalue weighted by atomic mass is 10.1. The number of benzene rings is 1. The minimum Gasteiger partial charge on any atom is -0.305 e. The Labute approximate surface area is 94.3 Å². The van der Waals surface area contributed by atoms with Gasteiger partial charge in [-0.1, -0.05) is 6.07 Å². The zero-order valence-electron chi connectivity index (χ0n) is 8.69. The van der Waals surface area contributed by atoms with E-state index in [0.29, 0.717) is 0 Å². The van der Waals surface area contributed by atoms with Gasteiger partial charge in [0.1, 0.15) is 0 Å². The van der Waals surface area contributed by atoms with Gasteiger partial charge in [-0.25, -0.2) is 0 Å². The van der Waals surface area contributed by atoms with E-state index in [0.717, 1.165) is 6.54 Å². The number of hydrogen-bond acceptors (Lipinski definition) is 1. The van der Waals surface area contributed by atoms with Crippen LogP contribution in [-0.4, -0.2) is 19.0 Å². The molecular formula is C11H16IN. The highest BCUT2D eigenvalue weighted by molar-refractivity contribution is 14.1. The van der Waals surface area contributed by atoms with Crippen molar-refractivity contribution in [2.24, 2.45) is 0 Å². The van der Waals surface area contributed by atoms with Crippen LogP contribution in [0.25, 0.3) is 0 Å². The van der Waals surface area contributed by atoms with Crippen molar-refractivity contribution in [3.63, 3.8) is 0 Å². The molecule has 0 saturated carbocycles. The molecule has 1 aromatic carbocycles. The predicted octanol–water partition coefficient (Wildman–Crippen LogP) is 2.97. The van der Waals surface area contributed by atoms with Crippen LogP contribution in [0.2, 0.25) is 0 Å². The third-order valence-corrected chi connectivity index (χ3v) is 3.27. The van der Waals surface area contributed by atoms with Crippen LogP contribution in [0.15, 0.2) is 12.1 Å². The van der Waals surface area contributed by atoms with E-state index in [1.54, 1.807) is 0 Å². The number of nitrogens with zero attached hydrogens (tertiary/aromatic N) is 1. The second kappa shape index (κ2) is 4.42. The summed E-state index contributed by atoms with van der Waals surface area (Å²) in [6.07, 6.45) is 0. The topological polar surface area (TPSA) is 3.24 Å². The lowest BCUT2D eigenvalue weighted by Crippen LogP contribution is -2.12. The first-order chi connectivity index (χ1) is 6.00. The van der Waals surface area contributed by atoms with Gasteiger partial charge in [-0.05, 0) is 73.3 Å². The third kappa shape index (κ3) is 2.95. The molecule has 1 nitrogen and oxygen atoms in total. The van der Waals surface area contributed by atoms with Gasteiger partial charge in [-0.3, -0.25) is 0 Å². The zero-order chi connectivity index (χ0) is 10.0. The van der Waals surface area contributed by atoms with Crippen molar-refractivity contribution in [1.82, 2.24) is 4.90 Å². The van der Waals surface area contributed by atoms with E-state index >= 15 is 0 Å². The Balaban J connectivity index is 3.01. The van der Waals surface area contributed by atoms with E-state index in [4.69, 9.17) is 0 Å². The first kappa shape index (κ1) is 11.0. The van der Waals surface area contributed by atoms with E-state index in [9.17, 15) is 0 Å². The molecule has 1 aromatic rings. The molecule has 0 atom stereocenters. The number of hydrogen-bond donors (Lipinski definition) is 0. The maximum absolute atomic E-state index is 2.39. The first-order valence-electron chi connectivity index (χ1n) is 4.41. The maximum Gasteiger partial charge on any atom is 0.0230 e. The summed E-state index contributed by atoms with van der Waals surface area (Å²) >= 11 is 2.39. The highest BCUT2D eigenvalue weighted by atomic mass is 127. The van der Waals surface area contributed by atoms with E-state index in [1.807, 2.05) is 0 Å². The summed E-state index contributed by atoms with van der Waals surface area (Å²) in [6, 6.07) is 4.55. The molecule has 0 aliphatic carbocycles. The van der Waals surface area contributed by atoms with Gasteiger partial charge in [0.05, 0.1) is 0 Å². The number of aryl methyl sites for hydroxylation is 2. The SMILES string of the molecule is Cc1cc(CN(C)C)c(C)cc1I. The van der Waals surface area contributed by atoms with Crippen LogP contribution in [-0.2, 0) is 6.54 Å². The highest BCUT2D eigenvalue weighted by Gasteiger charge is 2.03. The Morgan fingerprint density at radius 3 is 2.31 bits per heavy atom. The molecule has 0 unspecified atom stereocenters. The Hall–Kier alpha value is -0.0900. The molecular weight excluding hydrogens is 273 g/mol. The molecule has 2 heteroatoms. The van der Waals surface area contributed by atoms with Crippen molar-refractivity contribution in [2.45, 2.75) is 20.4 Å². The monoisotopic (exact) mass is 289 g/mol. The molecule has 0 aliphatic rings. The van der Waals surface area contributed by atoms with Gasteiger partial charge < -0.3 is 4.90 Å². The summed E-state index contributed by atoms with van der Waals surface area (Å²) < 4.78 is 1.36. The van der Waals surface area contributed by atoms with Gasteiger partial charge in [-0.2, -0.15) is 0 Å². The summed E-state index contributed by atoms with van der Waals surface area (Å²) in [5.41, 5.74) is 4.20. The van der Waals surface area contributed by atoms with Crippen LogP contribution in [0.4, 0.5) is 0 Å². The second-order valence-electron chi connectivity index (χ2n) is 3.77. The minimum atomic E-state index is 1.03. The summed E-state index contributed by atoms with van der Waals surface area (Å²) in [7, 11) is 4.21. The summed E-state index contributed by atoms with van der Waals surface area (Å²) in [6.45, 7) is 5.38. The van der Waals surface area contributed by atoms with E-state index in [-0.39, 0.29) is 0 Å². The Morgan fingerprint density at radius 2 is 1.77 bits per heavy atom. The molecule has 72 valence electrons. The van der Waals surface area contributed by atoms with Crippen molar-refractivity contribution < 1.29 is 0 Å². The van der Waals surface area contributed by atoms with Crippen LogP contribution in [0.5, 0.6) is 0 Å². The minimum absolute atomic E-state index is 1.03. The molecule has 0 heterocycles. The Morgan fingerprint density at radius 1 is 1.15 bits per heavy atom. The summed E-state index contributed by atoms with van der Waals surface area (Å²) in [5.74, 6) is 0. The van der Waals surface area contributed by atoms with Crippen LogP contribution in [0, 0.1) is 17.4 Å². The fourth-order valence-electron chi connectivity index (χ4n) is 1.35. The molecule has 0 aliphatic heterocycles. The van der Waals surface area contributed by atoms with E-state index in [1.165, 1.54) is 20.3 Å². The molecule has 0 bridgehead atoms. The van der Waals surface area contributed by atoms with Gasteiger partial charge in [-0.15, -0.1) is 0 Å². The summed E-state index contributed by atoms with van der Waals surface area (Å²) in [4.78, 5) is 2.20. The third-order valence-electron chi connectivity index (χ3n) is 2.10. The van der Waals surface area contributed by atoms with Gasteiger partial charge in [0.2, 0.25) is 0 Å². The zero-order valence-corrected chi connectivity index (χ0v) is 10.8. The fraction of sp³-hybridized carbons (Fsp3) is 0.455. The lowest BCUT2D eigenvalue weighted by molar-refractivity contribution is 0.401. The van der Waals surface area contributed by atoms with Crippen molar-refractivity contribution >= 4 is 22.6 Å². The quantitative estimate of drug-likeness (QED) is 0.757. The van der Waals surface area contributed by atoms with Crippen LogP contribution in [0.1, 0.15) is 16.7 Å². The average molecular weight is 289 g/mol. The Bertz CT molecular complexity index is 305. The first-order valence-corrected chi connectivity index (χ1v) is 5.49. The fourth-order valence-corrected chi connectivity index (χ4v) is 1.97. The van der Waals surface area contributed by atoms with Crippen molar-refractivity contribution in [3.05, 3.63) is 32.4 Å². The smallest absolute Gasteiger partial charge is 0.0230 e. The largest absolute Gasteiger partial charge is 0.305 e. The number of rotatable bonds is 2. The normalized spacial score (nSPS) is 10.9. The number of halogens is 1. The van der Waals surface area contributed by atoms with Crippen molar-refractivity contribution in [1.29, 1.82) is 0 Å². The van der Waals surface area contributed by atoms with Gasteiger partial charge in [0, 0.05) is 10.1 Å². The molecule has 0 aromatic heterocycles. The van der Waals surface area contributed by atoms with Crippen molar-refractivity contribution in [3.8, 4) is 0 Å². The van der Waals surface area contributed by atoms with Gasteiger partial charge >= 0.3 is 0 Å². The van der Waals surface area contributed by atoms with Crippen LogP contribution >= 0.6 is 22.6 Å². The molecule has 0 radical (unpaired) electrons. The molecule has 0 N–H and O–H groups in total. The van der Waals surface area contributed by atoms with Gasteiger partial charge in [0.15, 0.2) is 0 Å². The molecule has 1 rings (SSSR count). The molecule has 0 amide bonds. The van der Waals surface area contributed by atoms with Gasteiger partial charge in [0.25, 0.3) is 0 Å². The second-order valence-corrected chi connectivity index (χ2v) is 4.93. The standard InChI is InChI=1S/C11H16IN/c1-8-6-11(12)9(2)5-10(8)7-13(3)4/h5-6H,7H2,1-4H3. The Kier molecular flexibility index (Phi) is 3.74. The molecule has 13 heavy (non-hydrogen) atoms. The molecule has 0 fully saturated rings. The highest BCUT2D eigenvalue weighted by Crippen LogP contribution is 2.18. The van der Waals surface area contributed by atoms with Crippen LogP contribution < -0.4 is 0 Å². The predicted molar refractivity (Wildman–Crippen MR) is 66.0 cm³/mol. The van der Waals surface area contributed by atoms with E-state index < -0.39 is 0 Å². The molecule has 0 saturated heterocycles. The average Bonchev–Trinajstić information content (AvgIpc) is 1.99. The summed E-state index contributed by atoms with van der Waals surface area (Å²) in [5, 5.41) is 0. The molecule has 0 spiro atoms. The van der Waals surface area contributed by atoms with Crippen LogP contribution in [0.3, 0.4) is 0 Å². The van der Waals surface area contributed by atoms with Crippen molar-refractivity contribution in [2.75, 3.05) is 14.1 Å².